The summed E-state index contributed by atoms with van der Waals surface area (Å²) in [6.07, 6.45) is 0.434. The molecule has 0 saturated carbocycles. The summed E-state index contributed by atoms with van der Waals surface area (Å²) in [5.41, 5.74) is 0.454. The minimum absolute atomic E-state index is 0.0492. The Morgan fingerprint density at radius 2 is 2.20 bits per heavy atom. The number of ether oxygens (including phenoxy) is 1. The van der Waals surface area contributed by atoms with Crippen LogP contribution in [0, 0.1) is 18.3 Å². The van der Waals surface area contributed by atoms with Crippen LogP contribution in [0.15, 0.2) is 12.1 Å². The van der Waals surface area contributed by atoms with Crippen LogP contribution in [0.25, 0.3) is 0 Å². The highest BCUT2D eigenvalue weighted by atomic mass is 19.3. The largest absolute Gasteiger partial charge is 0.433 e. The molecule has 0 aliphatic rings. The summed E-state index contributed by atoms with van der Waals surface area (Å²) in [5, 5.41) is 8.70. The molecule has 78 valence electrons. The van der Waals surface area contributed by atoms with E-state index in [1.54, 1.807) is 13.0 Å². The smallest absolute Gasteiger partial charge is 0.387 e. The van der Waals surface area contributed by atoms with E-state index in [9.17, 15) is 13.6 Å². The summed E-state index contributed by atoms with van der Waals surface area (Å²) in [4.78, 5) is 10.6. The Kier molecular flexibility index (Phi) is 3.34. The van der Waals surface area contributed by atoms with Gasteiger partial charge in [0.2, 0.25) is 0 Å². The zero-order valence-corrected chi connectivity index (χ0v) is 7.83. The first kappa shape index (κ1) is 11.1. The lowest BCUT2D eigenvalue weighted by Crippen LogP contribution is -2.05. The van der Waals surface area contributed by atoms with Crippen LogP contribution in [0.5, 0.6) is 5.75 Å². The van der Waals surface area contributed by atoms with E-state index >= 15 is 0 Å². The fraction of sp³-hybridized carbons (Fsp3) is 0.200. The lowest BCUT2D eigenvalue weighted by atomic mass is 10.1. The van der Waals surface area contributed by atoms with E-state index in [1.165, 1.54) is 12.1 Å². The summed E-state index contributed by atoms with van der Waals surface area (Å²) >= 11 is 0. The maximum Gasteiger partial charge on any atom is 0.387 e. The van der Waals surface area contributed by atoms with Crippen LogP contribution in [0.3, 0.4) is 0 Å². The van der Waals surface area contributed by atoms with E-state index in [0.29, 0.717) is 11.8 Å². The van der Waals surface area contributed by atoms with Crippen molar-refractivity contribution in [3.05, 3.63) is 28.8 Å². The Labute approximate surface area is 84.9 Å². The van der Waals surface area contributed by atoms with Gasteiger partial charge in [-0.05, 0) is 24.6 Å². The average molecular weight is 211 g/mol. The highest BCUT2D eigenvalue weighted by Gasteiger charge is 2.13. The fourth-order valence-corrected chi connectivity index (χ4v) is 1.18. The lowest BCUT2D eigenvalue weighted by molar-refractivity contribution is -0.0500. The second-order valence-corrected chi connectivity index (χ2v) is 2.84. The van der Waals surface area contributed by atoms with Crippen molar-refractivity contribution < 1.29 is 18.3 Å². The van der Waals surface area contributed by atoms with Crippen molar-refractivity contribution in [3.8, 4) is 11.8 Å². The fourth-order valence-electron chi connectivity index (χ4n) is 1.18. The maximum absolute atomic E-state index is 12.0. The van der Waals surface area contributed by atoms with Gasteiger partial charge in [0.25, 0.3) is 0 Å². The SMILES string of the molecule is Cc1cc(C=O)c(C#N)c(OC(F)F)c1. The molecule has 5 heteroatoms. The van der Waals surface area contributed by atoms with Crippen molar-refractivity contribution in [1.29, 1.82) is 5.26 Å². The number of benzene rings is 1. The highest BCUT2D eigenvalue weighted by Crippen LogP contribution is 2.24. The highest BCUT2D eigenvalue weighted by molar-refractivity contribution is 5.81. The number of hydrogen-bond acceptors (Lipinski definition) is 3. The number of nitriles is 1. The van der Waals surface area contributed by atoms with Crippen LogP contribution < -0.4 is 4.74 Å². The van der Waals surface area contributed by atoms with Gasteiger partial charge in [0.15, 0.2) is 6.29 Å². The zero-order chi connectivity index (χ0) is 11.4. The minimum Gasteiger partial charge on any atom is -0.433 e. The van der Waals surface area contributed by atoms with Crippen LogP contribution in [0.1, 0.15) is 21.5 Å². The standard InChI is InChI=1S/C10H7F2NO2/c1-6-2-7(5-14)8(4-13)9(3-6)15-10(11)12/h2-3,5,10H,1H3. The van der Waals surface area contributed by atoms with E-state index in [2.05, 4.69) is 4.74 Å². The first-order valence-electron chi connectivity index (χ1n) is 4.03. The Morgan fingerprint density at radius 3 is 2.67 bits per heavy atom. The molecule has 1 aromatic carbocycles. The van der Waals surface area contributed by atoms with Crippen LogP contribution in [-0.2, 0) is 0 Å². The molecule has 0 aliphatic carbocycles. The third-order valence-electron chi connectivity index (χ3n) is 1.73. The summed E-state index contributed by atoms with van der Waals surface area (Å²) < 4.78 is 28.1. The number of carbonyl (C=O) groups is 1. The Balaban J connectivity index is 3.30. The van der Waals surface area contributed by atoms with E-state index in [0.717, 1.165) is 0 Å². The van der Waals surface area contributed by atoms with Gasteiger partial charge in [-0.2, -0.15) is 14.0 Å². The minimum atomic E-state index is -3.02. The molecule has 0 amide bonds. The number of hydrogen-bond donors (Lipinski definition) is 0. The first-order chi connectivity index (χ1) is 7.08. The Morgan fingerprint density at radius 1 is 1.53 bits per heavy atom. The number of halogens is 2. The third kappa shape index (κ3) is 2.50. The second kappa shape index (κ2) is 4.51. The molecule has 1 aromatic rings. The normalized spacial score (nSPS) is 9.80. The average Bonchev–Trinajstić information content (AvgIpc) is 2.15. The Bertz CT molecular complexity index is 424. The molecule has 0 heterocycles. The topological polar surface area (TPSA) is 50.1 Å². The molecular formula is C10H7F2NO2. The van der Waals surface area contributed by atoms with E-state index in [-0.39, 0.29) is 16.9 Å². The van der Waals surface area contributed by atoms with E-state index in [1.807, 2.05) is 0 Å². The molecule has 15 heavy (non-hydrogen) atoms. The van der Waals surface area contributed by atoms with Gasteiger partial charge >= 0.3 is 6.61 Å². The lowest BCUT2D eigenvalue weighted by Gasteiger charge is -2.08. The van der Waals surface area contributed by atoms with Crippen molar-refractivity contribution in [2.24, 2.45) is 0 Å². The molecule has 0 spiro atoms. The first-order valence-corrected chi connectivity index (χ1v) is 4.03. The van der Waals surface area contributed by atoms with Crippen LogP contribution >= 0.6 is 0 Å². The number of carbonyl (C=O) groups excluding carboxylic acids is 1. The molecular weight excluding hydrogens is 204 g/mol. The van der Waals surface area contributed by atoms with Crippen molar-refractivity contribution in [2.45, 2.75) is 13.5 Å². The molecule has 0 aromatic heterocycles. The number of aryl methyl sites for hydroxylation is 1. The molecule has 0 atom stereocenters. The molecule has 0 N–H and O–H groups in total. The monoisotopic (exact) mass is 211 g/mol. The molecule has 1 rings (SSSR count). The van der Waals surface area contributed by atoms with Gasteiger partial charge in [-0.25, -0.2) is 0 Å². The second-order valence-electron chi connectivity index (χ2n) is 2.84. The predicted octanol–water partition coefficient (Wildman–Crippen LogP) is 2.28. The van der Waals surface area contributed by atoms with E-state index < -0.39 is 6.61 Å². The van der Waals surface area contributed by atoms with Crippen molar-refractivity contribution >= 4 is 6.29 Å². The van der Waals surface area contributed by atoms with Gasteiger partial charge in [-0.15, -0.1) is 0 Å². The molecule has 3 nitrogen and oxygen atoms in total. The summed E-state index contributed by atoms with van der Waals surface area (Å²) in [7, 11) is 0. The summed E-state index contributed by atoms with van der Waals surface area (Å²) in [6, 6.07) is 4.38. The quantitative estimate of drug-likeness (QED) is 0.720. The van der Waals surface area contributed by atoms with Crippen LogP contribution in [0.2, 0.25) is 0 Å². The van der Waals surface area contributed by atoms with Crippen LogP contribution in [0.4, 0.5) is 8.78 Å². The van der Waals surface area contributed by atoms with Gasteiger partial charge in [-0.1, -0.05) is 0 Å². The number of nitrogens with zero attached hydrogens (tertiary/aromatic N) is 1. The Hall–Kier alpha value is -1.96. The predicted molar refractivity (Wildman–Crippen MR) is 47.9 cm³/mol. The molecule has 0 unspecified atom stereocenters. The number of rotatable bonds is 3. The summed E-state index contributed by atoms with van der Waals surface area (Å²) in [6.45, 7) is -1.40. The van der Waals surface area contributed by atoms with Gasteiger partial charge in [0.05, 0.1) is 0 Å². The summed E-state index contributed by atoms with van der Waals surface area (Å²) in [5.74, 6) is -0.269. The van der Waals surface area contributed by atoms with Crippen molar-refractivity contribution in [3.63, 3.8) is 0 Å². The van der Waals surface area contributed by atoms with E-state index in [4.69, 9.17) is 5.26 Å². The van der Waals surface area contributed by atoms with Crippen LogP contribution in [-0.4, -0.2) is 12.9 Å². The van der Waals surface area contributed by atoms with Crippen molar-refractivity contribution in [1.82, 2.24) is 0 Å². The number of alkyl halides is 2. The molecule has 0 fully saturated rings. The third-order valence-corrected chi connectivity index (χ3v) is 1.73. The molecule has 0 saturated heterocycles. The van der Waals surface area contributed by atoms with Gasteiger partial charge in [-0.3, -0.25) is 4.79 Å². The molecule has 0 radical (unpaired) electrons. The number of aldehydes is 1. The maximum atomic E-state index is 12.0. The zero-order valence-electron chi connectivity index (χ0n) is 7.83. The van der Waals surface area contributed by atoms with Gasteiger partial charge < -0.3 is 4.74 Å². The molecule has 0 bridgehead atoms. The van der Waals surface area contributed by atoms with Crippen molar-refractivity contribution in [2.75, 3.05) is 0 Å². The van der Waals surface area contributed by atoms with Gasteiger partial charge in [0, 0.05) is 5.56 Å². The van der Waals surface area contributed by atoms with Gasteiger partial charge in [0.1, 0.15) is 17.4 Å². The molecule has 0 aliphatic heterocycles.